The molecule has 1 aliphatic rings. The third-order valence-corrected chi connectivity index (χ3v) is 6.84. The molecular formula is C12H20N2O5S2. The van der Waals surface area contributed by atoms with Gasteiger partial charge >= 0.3 is 0 Å². The van der Waals surface area contributed by atoms with E-state index >= 15 is 0 Å². The molecule has 2 rings (SSSR count). The summed E-state index contributed by atoms with van der Waals surface area (Å²) in [5.74, 6) is 0.558. The second kappa shape index (κ2) is 6.07. The van der Waals surface area contributed by atoms with Crippen molar-refractivity contribution >= 4 is 20.0 Å². The molecule has 0 saturated carbocycles. The molecule has 0 aliphatic carbocycles. The minimum Gasteiger partial charge on any atom is -0.465 e. The van der Waals surface area contributed by atoms with Gasteiger partial charge in [-0.15, -0.1) is 0 Å². The van der Waals surface area contributed by atoms with E-state index in [1.807, 2.05) is 0 Å². The third kappa shape index (κ3) is 3.85. The van der Waals surface area contributed by atoms with Crippen LogP contribution in [0.1, 0.15) is 24.4 Å². The summed E-state index contributed by atoms with van der Waals surface area (Å²) in [7, 11) is -7.13. The highest BCUT2D eigenvalue weighted by Crippen LogP contribution is 2.19. The zero-order valence-electron chi connectivity index (χ0n) is 12.1. The van der Waals surface area contributed by atoms with E-state index in [2.05, 4.69) is 4.72 Å². The average molecular weight is 336 g/mol. The van der Waals surface area contributed by atoms with E-state index in [-0.39, 0.29) is 17.2 Å². The molecule has 1 fully saturated rings. The molecule has 1 saturated heterocycles. The zero-order chi connectivity index (χ0) is 15.7. The molecule has 9 heteroatoms. The van der Waals surface area contributed by atoms with Crippen LogP contribution in [-0.4, -0.2) is 46.5 Å². The lowest BCUT2D eigenvalue weighted by atomic mass is 10.4. The molecule has 1 aromatic rings. The zero-order valence-corrected chi connectivity index (χ0v) is 13.8. The van der Waals surface area contributed by atoms with Crippen molar-refractivity contribution in [3.8, 4) is 0 Å². The Morgan fingerprint density at radius 2 is 1.81 bits per heavy atom. The maximum Gasteiger partial charge on any atom is 0.244 e. The van der Waals surface area contributed by atoms with E-state index < -0.39 is 20.0 Å². The predicted octanol–water partition coefficient (Wildman–Crippen LogP) is 0.600. The smallest absolute Gasteiger partial charge is 0.244 e. The lowest BCUT2D eigenvalue weighted by Gasteiger charge is -2.15. The highest BCUT2D eigenvalue weighted by Gasteiger charge is 2.26. The number of rotatable bonds is 6. The number of nitrogens with zero attached hydrogens (tertiary/aromatic N) is 1. The Hall–Kier alpha value is -0.900. The van der Waals surface area contributed by atoms with Gasteiger partial charge in [0.15, 0.2) is 0 Å². The molecule has 0 atom stereocenters. The van der Waals surface area contributed by atoms with Gasteiger partial charge in [-0.2, -0.15) is 0 Å². The molecule has 1 aliphatic heterocycles. The largest absolute Gasteiger partial charge is 0.465 e. The van der Waals surface area contributed by atoms with E-state index in [1.54, 1.807) is 13.8 Å². The average Bonchev–Trinajstić information content (AvgIpc) is 2.98. The number of hydrogen-bond acceptors (Lipinski definition) is 5. The summed E-state index contributed by atoms with van der Waals surface area (Å²) in [6, 6.07) is 1.42. The van der Waals surface area contributed by atoms with Crippen molar-refractivity contribution in [2.24, 2.45) is 0 Å². The third-order valence-electron chi connectivity index (χ3n) is 3.40. The molecule has 7 nitrogen and oxygen atoms in total. The summed E-state index contributed by atoms with van der Waals surface area (Å²) >= 11 is 0. The molecule has 1 aromatic heterocycles. The minimum atomic E-state index is -3.74. The van der Waals surface area contributed by atoms with E-state index in [0.29, 0.717) is 24.6 Å². The Labute approximate surface area is 125 Å². The second-order valence-corrected chi connectivity index (χ2v) is 8.92. The first kappa shape index (κ1) is 16.5. The fraction of sp³-hybridized carbons (Fsp3) is 0.667. The molecule has 21 heavy (non-hydrogen) atoms. The van der Waals surface area contributed by atoms with E-state index in [1.165, 1.54) is 10.4 Å². The van der Waals surface area contributed by atoms with Gasteiger partial charge in [-0.3, -0.25) is 0 Å². The Morgan fingerprint density at radius 1 is 1.19 bits per heavy atom. The number of nitrogens with one attached hydrogen (secondary N) is 1. The standard InChI is InChI=1S/C12H20N2O5S2/c1-10-9-12(11(2)19-10)21(17,18)13-5-8-20(15,16)14-6-3-4-7-14/h9,13H,3-8H2,1-2H3. The van der Waals surface area contributed by atoms with Crippen molar-refractivity contribution in [2.45, 2.75) is 31.6 Å². The summed E-state index contributed by atoms with van der Waals surface area (Å²) in [5.41, 5.74) is 0. The van der Waals surface area contributed by atoms with Gasteiger partial charge in [0.1, 0.15) is 16.4 Å². The molecule has 0 unspecified atom stereocenters. The summed E-state index contributed by atoms with van der Waals surface area (Å²) in [5, 5.41) is 0. The van der Waals surface area contributed by atoms with Crippen molar-refractivity contribution < 1.29 is 21.3 Å². The van der Waals surface area contributed by atoms with Gasteiger partial charge < -0.3 is 4.42 Å². The number of hydrogen-bond donors (Lipinski definition) is 1. The van der Waals surface area contributed by atoms with Crippen LogP contribution in [-0.2, 0) is 20.0 Å². The Kier molecular flexibility index (Phi) is 4.76. The van der Waals surface area contributed by atoms with Crippen LogP contribution in [0, 0.1) is 13.8 Å². The normalized spacial score (nSPS) is 17.4. The number of sulfonamides is 2. The summed E-state index contributed by atoms with van der Waals surface area (Å²) in [6.07, 6.45) is 1.72. The van der Waals surface area contributed by atoms with Gasteiger partial charge in [0.05, 0.1) is 5.75 Å². The monoisotopic (exact) mass is 336 g/mol. The quantitative estimate of drug-likeness (QED) is 0.820. The van der Waals surface area contributed by atoms with E-state index in [4.69, 9.17) is 4.42 Å². The van der Waals surface area contributed by atoms with Gasteiger partial charge in [0.2, 0.25) is 20.0 Å². The van der Waals surface area contributed by atoms with Gasteiger partial charge in [0.25, 0.3) is 0 Å². The minimum absolute atomic E-state index is 0.0542. The number of aryl methyl sites for hydroxylation is 2. The molecule has 0 aromatic carbocycles. The fourth-order valence-corrected chi connectivity index (χ4v) is 5.18. The fourth-order valence-electron chi connectivity index (χ4n) is 2.35. The molecule has 0 amide bonds. The van der Waals surface area contributed by atoms with Crippen LogP contribution < -0.4 is 4.72 Å². The summed E-state index contributed by atoms with van der Waals surface area (Å²) < 4.78 is 57.1. The first-order valence-electron chi connectivity index (χ1n) is 6.77. The molecule has 1 N–H and O–H groups in total. The van der Waals surface area contributed by atoms with Crippen LogP contribution in [0.4, 0.5) is 0 Å². The Balaban J connectivity index is 1.98. The Bertz CT molecular complexity index is 700. The van der Waals surface area contributed by atoms with Crippen LogP contribution in [0.2, 0.25) is 0 Å². The van der Waals surface area contributed by atoms with Crippen LogP contribution in [0.25, 0.3) is 0 Å². The van der Waals surface area contributed by atoms with Gasteiger partial charge in [-0.05, 0) is 32.8 Å². The first-order valence-corrected chi connectivity index (χ1v) is 9.86. The second-order valence-electron chi connectivity index (χ2n) is 5.10. The molecule has 2 heterocycles. The highest BCUT2D eigenvalue weighted by atomic mass is 32.2. The Morgan fingerprint density at radius 3 is 2.33 bits per heavy atom. The lowest BCUT2D eigenvalue weighted by Crippen LogP contribution is -2.36. The first-order chi connectivity index (χ1) is 9.72. The van der Waals surface area contributed by atoms with Crippen molar-refractivity contribution in [3.05, 3.63) is 17.6 Å². The van der Waals surface area contributed by atoms with Crippen molar-refractivity contribution in [1.82, 2.24) is 9.03 Å². The van der Waals surface area contributed by atoms with Crippen LogP contribution in [0.5, 0.6) is 0 Å². The van der Waals surface area contributed by atoms with Crippen LogP contribution in [0.3, 0.4) is 0 Å². The molecule has 0 radical (unpaired) electrons. The van der Waals surface area contributed by atoms with Gasteiger partial charge in [-0.1, -0.05) is 0 Å². The molecule has 0 bridgehead atoms. The van der Waals surface area contributed by atoms with Crippen molar-refractivity contribution in [2.75, 3.05) is 25.4 Å². The molecular weight excluding hydrogens is 316 g/mol. The van der Waals surface area contributed by atoms with Gasteiger partial charge in [0, 0.05) is 19.6 Å². The topological polar surface area (TPSA) is 96.7 Å². The predicted molar refractivity (Wildman–Crippen MR) is 78.0 cm³/mol. The SMILES string of the molecule is Cc1cc(S(=O)(=O)NCCS(=O)(=O)N2CCCC2)c(C)o1. The highest BCUT2D eigenvalue weighted by molar-refractivity contribution is 7.90. The van der Waals surface area contributed by atoms with Crippen LogP contribution in [0.15, 0.2) is 15.4 Å². The van der Waals surface area contributed by atoms with Crippen LogP contribution >= 0.6 is 0 Å². The van der Waals surface area contributed by atoms with Crippen molar-refractivity contribution in [3.63, 3.8) is 0 Å². The van der Waals surface area contributed by atoms with E-state index in [9.17, 15) is 16.8 Å². The van der Waals surface area contributed by atoms with Crippen molar-refractivity contribution in [1.29, 1.82) is 0 Å². The number of furan rings is 1. The summed E-state index contributed by atoms with van der Waals surface area (Å²) in [4.78, 5) is 0.0542. The van der Waals surface area contributed by atoms with E-state index in [0.717, 1.165) is 12.8 Å². The van der Waals surface area contributed by atoms with Gasteiger partial charge in [-0.25, -0.2) is 25.9 Å². The maximum absolute atomic E-state index is 12.1. The molecule has 120 valence electrons. The molecule has 0 spiro atoms. The lowest BCUT2D eigenvalue weighted by molar-refractivity contribution is 0.477. The summed E-state index contributed by atoms with van der Waals surface area (Å²) in [6.45, 7) is 4.11. The maximum atomic E-state index is 12.1.